The first-order valence-electron chi connectivity index (χ1n) is 11.6. The molecule has 3 aromatic rings. The van der Waals surface area contributed by atoms with Gasteiger partial charge in [0.25, 0.3) is 0 Å². The Bertz CT molecular complexity index is 1080. The molecule has 0 radical (unpaired) electrons. The van der Waals surface area contributed by atoms with Crippen LogP contribution in [0.15, 0.2) is 72.8 Å². The maximum Gasteiger partial charge on any atom is 0.119 e. The Balaban J connectivity index is 1.95. The van der Waals surface area contributed by atoms with E-state index in [2.05, 4.69) is 52.3 Å². The van der Waals surface area contributed by atoms with Gasteiger partial charge in [-0.15, -0.1) is 0 Å². The van der Waals surface area contributed by atoms with Gasteiger partial charge in [0.2, 0.25) is 0 Å². The summed E-state index contributed by atoms with van der Waals surface area (Å²) in [5, 5.41) is 0. The second kappa shape index (κ2) is 12.8. The van der Waals surface area contributed by atoms with Gasteiger partial charge in [0.15, 0.2) is 0 Å². The van der Waals surface area contributed by atoms with Crippen molar-refractivity contribution < 1.29 is 14.2 Å². The van der Waals surface area contributed by atoms with E-state index in [1.807, 2.05) is 64.6 Å². The molecule has 0 aliphatic heterocycles. The van der Waals surface area contributed by atoms with Crippen molar-refractivity contribution in [2.45, 2.75) is 0 Å². The number of methoxy groups -OCH3 is 1. The van der Waals surface area contributed by atoms with Crippen LogP contribution < -0.4 is 14.2 Å². The molecular formula is C29H36N2O3. The quantitative estimate of drug-likeness (QED) is 0.349. The lowest BCUT2D eigenvalue weighted by molar-refractivity contribution is 0.261. The minimum atomic E-state index is 0.640. The summed E-state index contributed by atoms with van der Waals surface area (Å²) in [6.45, 7) is 3.02. The molecule has 0 fully saturated rings. The van der Waals surface area contributed by atoms with Crippen LogP contribution in [0, 0.1) is 0 Å². The van der Waals surface area contributed by atoms with Crippen molar-refractivity contribution in [3.05, 3.63) is 89.5 Å². The van der Waals surface area contributed by atoms with Crippen molar-refractivity contribution in [3.63, 3.8) is 0 Å². The molecule has 0 aliphatic rings. The lowest BCUT2D eigenvalue weighted by Crippen LogP contribution is -2.19. The molecule has 5 nitrogen and oxygen atoms in total. The fraction of sp³-hybridized carbons (Fsp3) is 0.310. The molecule has 3 aromatic carbocycles. The van der Waals surface area contributed by atoms with Gasteiger partial charge in [0.05, 0.1) is 7.11 Å². The summed E-state index contributed by atoms with van der Waals surface area (Å²) in [6.07, 6.45) is 2.19. The van der Waals surface area contributed by atoms with E-state index in [-0.39, 0.29) is 0 Å². The van der Waals surface area contributed by atoms with Gasteiger partial charge in [-0.05, 0) is 92.9 Å². The fourth-order valence-electron chi connectivity index (χ4n) is 3.43. The molecule has 3 rings (SSSR count). The summed E-state index contributed by atoms with van der Waals surface area (Å²) in [4.78, 5) is 4.22. The zero-order chi connectivity index (χ0) is 24.3. The third-order valence-electron chi connectivity index (χ3n) is 5.31. The van der Waals surface area contributed by atoms with Crippen LogP contribution in [0.4, 0.5) is 0 Å². The van der Waals surface area contributed by atoms with Gasteiger partial charge in [0, 0.05) is 13.1 Å². The van der Waals surface area contributed by atoms with E-state index < -0.39 is 0 Å². The lowest BCUT2D eigenvalue weighted by atomic mass is 9.95. The maximum absolute atomic E-state index is 6.00. The van der Waals surface area contributed by atoms with Crippen LogP contribution >= 0.6 is 0 Å². The normalized spacial score (nSPS) is 11.7. The molecule has 180 valence electrons. The van der Waals surface area contributed by atoms with Gasteiger partial charge >= 0.3 is 0 Å². The molecule has 0 atom stereocenters. The topological polar surface area (TPSA) is 34.2 Å². The maximum atomic E-state index is 6.00. The highest BCUT2D eigenvalue weighted by Gasteiger charge is 2.09. The van der Waals surface area contributed by atoms with Crippen molar-refractivity contribution in [1.82, 2.24) is 9.80 Å². The molecule has 5 heteroatoms. The lowest BCUT2D eigenvalue weighted by Gasteiger charge is -2.14. The highest BCUT2D eigenvalue weighted by atomic mass is 16.5. The molecule has 0 aromatic heterocycles. The number of hydrogen-bond acceptors (Lipinski definition) is 5. The van der Waals surface area contributed by atoms with E-state index in [0.717, 1.165) is 52.6 Å². The number of rotatable bonds is 12. The first kappa shape index (κ1) is 25.3. The van der Waals surface area contributed by atoms with Gasteiger partial charge in [0.1, 0.15) is 30.5 Å². The van der Waals surface area contributed by atoms with E-state index in [1.165, 1.54) is 0 Å². The molecule has 0 amide bonds. The van der Waals surface area contributed by atoms with Crippen LogP contribution in [0.1, 0.15) is 16.7 Å². The largest absolute Gasteiger partial charge is 0.497 e. The van der Waals surface area contributed by atoms with Gasteiger partial charge in [-0.1, -0.05) is 36.4 Å². The molecule has 0 saturated heterocycles. The Labute approximate surface area is 204 Å². The summed E-state index contributed by atoms with van der Waals surface area (Å²) in [5.41, 5.74) is 4.31. The van der Waals surface area contributed by atoms with Crippen LogP contribution in [-0.4, -0.2) is 71.4 Å². The number of nitrogens with zero attached hydrogens (tertiary/aromatic N) is 2. The van der Waals surface area contributed by atoms with Crippen LogP contribution in [0.5, 0.6) is 17.2 Å². The third kappa shape index (κ3) is 7.94. The second-order valence-corrected chi connectivity index (χ2v) is 8.69. The van der Waals surface area contributed by atoms with Gasteiger partial charge in [-0.3, -0.25) is 0 Å². The second-order valence-electron chi connectivity index (χ2n) is 8.69. The Morgan fingerprint density at radius 2 is 1.18 bits per heavy atom. The van der Waals surface area contributed by atoms with Gasteiger partial charge < -0.3 is 24.0 Å². The summed E-state index contributed by atoms with van der Waals surface area (Å²) in [6, 6.07) is 24.6. The average molecular weight is 461 g/mol. The van der Waals surface area contributed by atoms with Crippen LogP contribution in [0.3, 0.4) is 0 Å². The standard InChI is InChI=1S/C29H36N2O3/c1-30(2)15-17-33-27-13-6-9-23(19-27)20-29(24-10-7-12-26(21-24)32-5)25-11-8-14-28(22-25)34-18-16-31(3)4/h6-14,19-22H,15-18H2,1-5H3/b29-20-. The summed E-state index contributed by atoms with van der Waals surface area (Å²) >= 11 is 0. The molecule has 0 heterocycles. The summed E-state index contributed by atoms with van der Waals surface area (Å²) in [5.74, 6) is 2.54. The molecule has 34 heavy (non-hydrogen) atoms. The first-order chi connectivity index (χ1) is 16.4. The monoisotopic (exact) mass is 460 g/mol. The number of likely N-dealkylation sites (N-methyl/N-ethyl adjacent to an activating group) is 2. The first-order valence-corrected chi connectivity index (χ1v) is 11.6. The summed E-state index contributed by atoms with van der Waals surface area (Å²) < 4.78 is 17.5. The van der Waals surface area contributed by atoms with E-state index in [0.29, 0.717) is 13.2 Å². The SMILES string of the molecule is COc1cccc(/C(=C/c2cccc(OCCN(C)C)c2)c2cccc(OCCN(C)C)c2)c1. The molecule has 0 saturated carbocycles. The number of benzene rings is 3. The van der Waals surface area contributed by atoms with E-state index >= 15 is 0 Å². The van der Waals surface area contributed by atoms with Crippen molar-refractivity contribution >= 4 is 11.6 Å². The summed E-state index contributed by atoms with van der Waals surface area (Å²) in [7, 11) is 9.86. The Kier molecular flexibility index (Phi) is 9.56. The predicted octanol–water partition coefficient (Wildman–Crippen LogP) is 5.16. The Hall–Kier alpha value is -3.28. The zero-order valence-corrected chi connectivity index (χ0v) is 21.0. The predicted molar refractivity (Wildman–Crippen MR) is 141 cm³/mol. The molecule has 0 aliphatic carbocycles. The minimum Gasteiger partial charge on any atom is -0.497 e. The van der Waals surface area contributed by atoms with Crippen molar-refractivity contribution in [3.8, 4) is 17.2 Å². The molecule has 0 spiro atoms. The minimum absolute atomic E-state index is 0.640. The van der Waals surface area contributed by atoms with Crippen LogP contribution in [-0.2, 0) is 0 Å². The van der Waals surface area contributed by atoms with E-state index in [1.54, 1.807) is 7.11 Å². The van der Waals surface area contributed by atoms with E-state index in [4.69, 9.17) is 14.2 Å². The highest BCUT2D eigenvalue weighted by Crippen LogP contribution is 2.31. The number of hydrogen-bond donors (Lipinski definition) is 0. The Morgan fingerprint density at radius 1 is 0.676 bits per heavy atom. The zero-order valence-electron chi connectivity index (χ0n) is 21.0. The molecular weight excluding hydrogens is 424 g/mol. The van der Waals surface area contributed by atoms with E-state index in [9.17, 15) is 0 Å². The third-order valence-corrected chi connectivity index (χ3v) is 5.31. The van der Waals surface area contributed by atoms with Gasteiger partial charge in [-0.2, -0.15) is 0 Å². The van der Waals surface area contributed by atoms with Crippen LogP contribution in [0.25, 0.3) is 11.6 Å². The Morgan fingerprint density at radius 3 is 1.74 bits per heavy atom. The number of ether oxygens (including phenoxy) is 3. The van der Waals surface area contributed by atoms with Crippen molar-refractivity contribution in [2.24, 2.45) is 0 Å². The average Bonchev–Trinajstić information content (AvgIpc) is 2.82. The molecule has 0 N–H and O–H groups in total. The van der Waals surface area contributed by atoms with Gasteiger partial charge in [-0.25, -0.2) is 0 Å². The molecule has 0 bridgehead atoms. The highest BCUT2D eigenvalue weighted by molar-refractivity contribution is 5.92. The smallest absolute Gasteiger partial charge is 0.119 e. The molecule has 0 unspecified atom stereocenters. The van der Waals surface area contributed by atoms with Crippen molar-refractivity contribution in [1.29, 1.82) is 0 Å². The fourth-order valence-corrected chi connectivity index (χ4v) is 3.43. The van der Waals surface area contributed by atoms with Crippen molar-refractivity contribution in [2.75, 3.05) is 61.6 Å². The van der Waals surface area contributed by atoms with Crippen LogP contribution in [0.2, 0.25) is 0 Å².